The average molecular weight is 430 g/mol. The molecule has 1 aliphatic heterocycles. The smallest absolute Gasteiger partial charge is 0.313 e. The van der Waals surface area contributed by atoms with Crippen LogP contribution in [-0.4, -0.2) is 28.4 Å². The van der Waals surface area contributed by atoms with Gasteiger partial charge in [-0.2, -0.15) is 0 Å². The molecule has 5 heteroatoms. The summed E-state index contributed by atoms with van der Waals surface area (Å²) in [5.41, 5.74) is 4.06. The summed E-state index contributed by atoms with van der Waals surface area (Å²) in [6.07, 6.45) is 0.741. The maximum absolute atomic E-state index is 13.2. The van der Waals surface area contributed by atoms with Gasteiger partial charge >= 0.3 is 5.97 Å². The number of aryl methyl sites for hydroxylation is 2. The van der Waals surface area contributed by atoms with E-state index in [1.54, 1.807) is 29.2 Å². The van der Waals surface area contributed by atoms with Gasteiger partial charge < -0.3 is 14.7 Å². The summed E-state index contributed by atoms with van der Waals surface area (Å²) >= 11 is 0. The van der Waals surface area contributed by atoms with Crippen molar-refractivity contribution >= 4 is 11.9 Å². The van der Waals surface area contributed by atoms with Gasteiger partial charge in [0, 0.05) is 12.1 Å². The highest BCUT2D eigenvalue weighted by molar-refractivity contribution is 6.00. The molecule has 0 unspecified atom stereocenters. The first-order valence-corrected chi connectivity index (χ1v) is 10.9. The fraction of sp³-hybridized carbons (Fsp3) is 0.259. The molecule has 2 atom stereocenters. The molecule has 1 aliphatic rings. The molecule has 0 fully saturated rings. The fourth-order valence-electron chi connectivity index (χ4n) is 4.58. The predicted octanol–water partition coefficient (Wildman–Crippen LogP) is 5.87. The monoisotopic (exact) mass is 429 g/mol. The van der Waals surface area contributed by atoms with Crippen molar-refractivity contribution in [1.82, 2.24) is 4.90 Å². The van der Waals surface area contributed by atoms with Crippen LogP contribution in [0.1, 0.15) is 57.9 Å². The number of amides is 1. The molecule has 0 aromatic heterocycles. The molecule has 0 aliphatic carbocycles. The van der Waals surface area contributed by atoms with Gasteiger partial charge in [-0.05, 0) is 72.9 Å². The van der Waals surface area contributed by atoms with Gasteiger partial charge in [-0.3, -0.25) is 9.59 Å². The number of benzene rings is 3. The van der Waals surface area contributed by atoms with E-state index in [4.69, 9.17) is 4.74 Å². The fourth-order valence-corrected chi connectivity index (χ4v) is 4.58. The third-order valence-corrected chi connectivity index (χ3v) is 5.82. The Labute approximate surface area is 188 Å². The number of carbonyl (C=O) groups is 2. The number of nitrogens with zero attached hydrogens (tertiary/aromatic N) is 1. The molecule has 0 saturated heterocycles. The molecule has 0 saturated carbocycles. The maximum Gasteiger partial charge on any atom is 0.313 e. The van der Waals surface area contributed by atoms with Crippen LogP contribution in [-0.2, 0) is 4.79 Å². The van der Waals surface area contributed by atoms with E-state index in [1.165, 1.54) is 0 Å². The lowest BCUT2D eigenvalue weighted by Crippen LogP contribution is -2.45. The molecule has 3 aromatic carbocycles. The molecule has 0 spiro atoms. The maximum atomic E-state index is 13.2. The van der Waals surface area contributed by atoms with E-state index >= 15 is 0 Å². The number of carboxylic acid groups (broad SMARTS) is 1. The van der Waals surface area contributed by atoms with E-state index in [9.17, 15) is 14.7 Å². The van der Waals surface area contributed by atoms with Gasteiger partial charge in [0.05, 0.1) is 6.04 Å². The van der Waals surface area contributed by atoms with E-state index in [2.05, 4.69) is 6.07 Å². The van der Waals surface area contributed by atoms with E-state index in [1.807, 2.05) is 57.2 Å². The van der Waals surface area contributed by atoms with Gasteiger partial charge in [-0.1, -0.05) is 43.3 Å². The van der Waals surface area contributed by atoms with Crippen LogP contribution in [0.5, 0.6) is 11.5 Å². The van der Waals surface area contributed by atoms with Crippen molar-refractivity contribution in [3.8, 4) is 11.5 Å². The lowest BCUT2D eigenvalue weighted by atomic mass is 9.79. The van der Waals surface area contributed by atoms with Gasteiger partial charge in [0.25, 0.3) is 5.91 Å². The summed E-state index contributed by atoms with van der Waals surface area (Å²) in [6, 6.07) is 19.9. The highest BCUT2D eigenvalue weighted by atomic mass is 16.5. The molecule has 164 valence electrons. The number of carbonyl (C=O) groups excluding carboxylic acids is 1. The average Bonchev–Trinajstić information content (AvgIpc) is 2.75. The second-order valence-corrected chi connectivity index (χ2v) is 8.34. The second-order valence-electron chi connectivity index (χ2n) is 8.34. The molecule has 32 heavy (non-hydrogen) atoms. The Kier molecular flexibility index (Phi) is 5.99. The van der Waals surface area contributed by atoms with E-state index < -0.39 is 17.9 Å². The van der Waals surface area contributed by atoms with E-state index in [0.29, 0.717) is 23.4 Å². The standard InChI is InChI=1S/C27H27NO4/c1-4-13-28-25(24(27(30)31)22-7-5-6-8-23(22)26(28)29)19-9-11-20(12-10-19)32-21-15-17(2)14-18(3)16-21/h5-12,14-16,24-25H,4,13H2,1-3H3,(H,30,31)/t24-,25+/m1/s1. The van der Waals surface area contributed by atoms with Crippen LogP contribution >= 0.6 is 0 Å². The van der Waals surface area contributed by atoms with E-state index in [0.717, 1.165) is 28.9 Å². The molecule has 5 nitrogen and oxygen atoms in total. The number of hydrogen-bond acceptors (Lipinski definition) is 3. The number of fused-ring (bicyclic) bond motifs is 1. The highest BCUT2D eigenvalue weighted by Crippen LogP contribution is 2.43. The van der Waals surface area contributed by atoms with Gasteiger partial charge in [-0.25, -0.2) is 0 Å². The molecule has 1 N–H and O–H groups in total. The third-order valence-electron chi connectivity index (χ3n) is 5.82. The van der Waals surface area contributed by atoms with Crippen molar-refractivity contribution in [2.75, 3.05) is 6.54 Å². The van der Waals surface area contributed by atoms with Crippen molar-refractivity contribution in [2.45, 2.75) is 39.2 Å². The Hall–Kier alpha value is -3.60. The topological polar surface area (TPSA) is 66.8 Å². The first-order valence-electron chi connectivity index (χ1n) is 10.9. The molecule has 3 aromatic rings. The van der Waals surface area contributed by atoms with Crippen LogP contribution in [0.25, 0.3) is 0 Å². The normalized spacial score (nSPS) is 17.7. The summed E-state index contributed by atoms with van der Waals surface area (Å²) in [6.45, 7) is 6.52. The lowest BCUT2D eigenvalue weighted by molar-refractivity contribution is -0.140. The quantitative estimate of drug-likeness (QED) is 0.532. The second kappa shape index (κ2) is 8.87. The van der Waals surface area contributed by atoms with Crippen LogP contribution in [0.3, 0.4) is 0 Å². The SMILES string of the molecule is CCCN1C(=O)c2ccccc2[C@@H](C(=O)O)[C@@H]1c1ccc(Oc2cc(C)cc(C)c2)cc1. The molecular weight excluding hydrogens is 402 g/mol. The number of hydrogen-bond donors (Lipinski definition) is 1. The van der Waals surface area contributed by atoms with Gasteiger partial charge in [0.15, 0.2) is 0 Å². The minimum absolute atomic E-state index is 0.125. The van der Waals surface area contributed by atoms with Crippen LogP contribution in [0, 0.1) is 13.8 Å². The number of ether oxygens (including phenoxy) is 1. The van der Waals surface area contributed by atoms with Crippen molar-refractivity contribution in [3.63, 3.8) is 0 Å². The predicted molar refractivity (Wildman–Crippen MR) is 123 cm³/mol. The molecule has 4 rings (SSSR count). The summed E-state index contributed by atoms with van der Waals surface area (Å²) in [4.78, 5) is 27.3. The van der Waals surface area contributed by atoms with Crippen LogP contribution in [0.4, 0.5) is 0 Å². The Bertz CT molecular complexity index is 1130. The third kappa shape index (κ3) is 4.11. The summed E-state index contributed by atoms with van der Waals surface area (Å²) in [5, 5.41) is 10.1. The van der Waals surface area contributed by atoms with Crippen molar-refractivity contribution < 1.29 is 19.4 Å². The Morgan fingerprint density at radius 2 is 1.62 bits per heavy atom. The Morgan fingerprint density at radius 1 is 0.969 bits per heavy atom. The zero-order valence-electron chi connectivity index (χ0n) is 18.5. The van der Waals surface area contributed by atoms with Crippen LogP contribution < -0.4 is 4.74 Å². The zero-order chi connectivity index (χ0) is 22.8. The lowest BCUT2D eigenvalue weighted by Gasteiger charge is -2.40. The van der Waals surface area contributed by atoms with E-state index in [-0.39, 0.29) is 5.91 Å². The molecule has 1 amide bonds. The molecule has 1 heterocycles. The number of rotatable bonds is 6. The summed E-state index contributed by atoms with van der Waals surface area (Å²) in [5.74, 6) is -0.475. The summed E-state index contributed by atoms with van der Waals surface area (Å²) in [7, 11) is 0. The van der Waals surface area contributed by atoms with Gasteiger partial charge in [0.2, 0.25) is 0 Å². The van der Waals surface area contributed by atoms with Crippen molar-refractivity contribution in [2.24, 2.45) is 0 Å². The van der Waals surface area contributed by atoms with Crippen molar-refractivity contribution in [3.05, 3.63) is 94.5 Å². The molecule has 0 radical (unpaired) electrons. The largest absolute Gasteiger partial charge is 0.481 e. The Morgan fingerprint density at radius 3 is 2.25 bits per heavy atom. The first kappa shape index (κ1) is 21.6. The highest BCUT2D eigenvalue weighted by Gasteiger charge is 2.43. The first-order chi connectivity index (χ1) is 15.4. The number of carboxylic acids is 1. The molecular formula is C27H27NO4. The van der Waals surface area contributed by atoms with Gasteiger partial charge in [0.1, 0.15) is 17.4 Å². The minimum Gasteiger partial charge on any atom is -0.481 e. The number of aliphatic carboxylic acids is 1. The summed E-state index contributed by atoms with van der Waals surface area (Å²) < 4.78 is 6.01. The van der Waals surface area contributed by atoms with Crippen LogP contribution in [0.15, 0.2) is 66.7 Å². The minimum atomic E-state index is -0.938. The van der Waals surface area contributed by atoms with Crippen LogP contribution in [0.2, 0.25) is 0 Å². The van der Waals surface area contributed by atoms with Gasteiger partial charge in [-0.15, -0.1) is 0 Å². The Balaban J connectivity index is 1.71. The zero-order valence-corrected chi connectivity index (χ0v) is 18.5. The van der Waals surface area contributed by atoms with Crippen molar-refractivity contribution in [1.29, 1.82) is 0 Å². The molecule has 0 bridgehead atoms.